The maximum absolute atomic E-state index is 11.4. The van der Waals surface area contributed by atoms with Gasteiger partial charge in [0.25, 0.3) is 0 Å². The zero-order valence-electron chi connectivity index (χ0n) is 15.6. The molecule has 0 saturated carbocycles. The van der Waals surface area contributed by atoms with Crippen LogP contribution in [0.15, 0.2) is 45.9 Å². The van der Waals surface area contributed by atoms with E-state index in [1.807, 2.05) is 41.3 Å². The van der Waals surface area contributed by atoms with Gasteiger partial charge < -0.3 is 20.1 Å². The molecular formula is C19H26IN5O2. The molecule has 7 nitrogen and oxygen atoms in total. The Bertz CT molecular complexity index is 754. The first-order valence-electron chi connectivity index (χ1n) is 8.89. The number of likely N-dealkylation sites (tertiary alicyclic amines) is 1. The second-order valence-electron chi connectivity index (χ2n) is 6.39. The van der Waals surface area contributed by atoms with Gasteiger partial charge in [0.2, 0.25) is 5.91 Å². The van der Waals surface area contributed by atoms with Crippen molar-refractivity contribution in [2.24, 2.45) is 4.99 Å². The third-order valence-corrected chi connectivity index (χ3v) is 4.56. The molecule has 146 valence electrons. The predicted octanol–water partition coefficient (Wildman–Crippen LogP) is 2.64. The summed E-state index contributed by atoms with van der Waals surface area (Å²) < 4.78 is 5.40. The summed E-state index contributed by atoms with van der Waals surface area (Å²) in [6.07, 6.45) is 1.83. The van der Waals surface area contributed by atoms with Gasteiger partial charge in [0.1, 0.15) is 5.69 Å². The van der Waals surface area contributed by atoms with Crippen molar-refractivity contribution in [2.45, 2.75) is 32.4 Å². The van der Waals surface area contributed by atoms with Gasteiger partial charge in [-0.15, -0.1) is 24.0 Å². The second kappa shape index (κ2) is 10.3. The molecule has 1 fully saturated rings. The van der Waals surface area contributed by atoms with E-state index in [-0.39, 0.29) is 29.9 Å². The van der Waals surface area contributed by atoms with Crippen molar-refractivity contribution in [3.05, 3.63) is 42.2 Å². The second-order valence-corrected chi connectivity index (χ2v) is 6.39. The highest BCUT2D eigenvalue weighted by atomic mass is 127. The van der Waals surface area contributed by atoms with E-state index in [0.717, 1.165) is 48.9 Å². The van der Waals surface area contributed by atoms with Gasteiger partial charge in [-0.05, 0) is 12.8 Å². The number of halogens is 1. The molecule has 3 rings (SSSR count). The van der Waals surface area contributed by atoms with E-state index in [4.69, 9.17) is 4.52 Å². The van der Waals surface area contributed by atoms with Gasteiger partial charge >= 0.3 is 0 Å². The molecule has 2 aromatic rings. The topological polar surface area (TPSA) is 82.8 Å². The summed E-state index contributed by atoms with van der Waals surface area (Å²) in [5.41, 5.74) is 1.85. The van der Waals surface area contributed by atoms with E-state index in [1.54, 1.807) is 14.0 Å². The normalized spacial score (nSPS) is 15.2. The standard InChI is InChI=1S/C19H25N5O2.HI/c1-14(25)24-10-8-16(9-11-24)22-19(20-2)21-13-17-12-18(23-26-17)15-6-4-3-5-7-15;/h3-7,12,16H,8-11,13H2,1-2H3,(H2,20,21,22);1H. The lowest BCUT2D eigenvalue weighted by Crippen LogP contribution is -2.49. The molecule has 27 heavy (non-hydrogen) atoms. The van der Waals surface area contributed by atoms with Crippen LogP contribution >= 0.6 is 24.0 Å². The smallest absolute Gasteiger partial charge is 0.219 e. The van der Waals surface area contributed by atoms with E-state index in [1.165, 1.54) is 0 Å². The monoisotopic (exact) mass is 483 g/mol. The maximum atomic E-state index is 11.4. The lowest BCUT2D eigenvalue weighted by atomic mass is 10.1. The van der Waals surface area contributed by atoms with Crippen molar-refractivity contribution in [2.75, 3.05) is 20.1 Å². The fraction of sp³-hybridized carbons (Fsp3) is 0.421. The number of nitrogens with zero attached hydrogens (tertiary/aromatic N) is 3. The van der Waals surface area contributed by atoms with Gasteiger partial charge in [0.05, 0.1) is 6.54 Å². The molecular weight excluding hydrogens is 457 g/mol. The number of amides is 1. The zero-order valence-corrected chi connectivity index (χ0v) is 18.0. The highest BCUT2D eigenvalue weighted by Crippen LogP contribution is 2.18. The molecule has 1 aliphatic rings. The Balaban J connectivity index is 0.00000261. The molecule has 0 spiro atoms. The number of piperidine rings is 1. The van der Waals surface area contributed by atoms with E-state index < -0.39 is 0 Å². The van der Waals surface area contributed by atoms with Gasteiger partial charge in [-0.2, -0.15) is 0 Å². The summed E-state index contributed by atoms with van der Waals surface area (Å²) in [6, 6.07) is 12.2. The van der Waals surface area contributed by atoms with E-state index in [0.29, 0.717) is 12.6 Å². The summed E-state index contributed by atoms with van der Waals surface area (Å²) in [5.74, 6) is 1.62. The Kier molecular flexibility index (Phi) is 8.08. The Hall–Kier alpha value is -2.10. The summed E-state index contributed by atoms with van der Waals surface area (Å²) in [4.78, 5) is 17.6. The minimum Gasteiger partial charge on any atom is -0.359 e. The number of guanidine groups is 1. The van der Waals surface area contributed by atoms with Crippen LogP contribution in [-0.2, 0) is 11.3 Å². The molecule has 2 heterocycles. The molecule has 0 bridgehead atoms. The fourth-order valence-corrected chi connectivity index (χ4v) is 3.04. The molecule has 1 aliphatic heterocycles. The van der Waals surface area contributed by atoms with Gasteiger partial charge in [-0.25, -0.2) is 0 Å². The van der Waals surface area contributed by atoms with Crippen LogP contribution in [0, 0.1) is 0 Å². The molecule has 1 aromatic heterocycles. The van der Waals surface area contributed by atoms with Crippen molar-refractivity contribution in [1.82, 2.24) is 20.7 Å². The number of nitrogens with one attached hydrogen (secondary N) is 2. The molecule has 1 aromatic carbocycles. The number of carbonyl (C=O) groups excluding carboxylic acids is 1. The quantitative estimate of drug-likeness (QED) is 0.397. The van der Waals surface area contributed by atoms with Crippen LogP contribution < -0.4 is 10.6 Å². The van der Waals surface area contributed by atoms with Crippen molar-refractivity contribution in [3.63, 3.8) is 0 Å². The SMILES string of the molecule is CN=C(NCc1cc(-c2ccccc2)no1)NC1CCN(C(C)=O)CC1.I. The number of aromatic nitrogens is 1. The molecule has 0 aliphatic carbocycles. The Morgan fingerprint density at radius 1 is 1.30 bits per heavy atom. The molecule has 0 radical (unpaired) electrons. The summed E-state index contributed by atoms with van der Waals surface area (Å²) in [6.45, 7) is 3.69. The van der Waals surface area contributed by atoms with E-state index in [2.05, 4.69) is 20.8 Å². The third kappa shape index (κ3) is 5.95. The van der Waals surface area contributed by atoms with Crippen LogP contribution in [0.4, 0.5) is 0 Å². The number of hydrogen-bond donors (Lipinski definition) is 2. The van der Waals surface area contributed by atoms with Gasteiger partial charge in [-0.1, -0.05) is 35.5 Å². The Morgan fingerprint density at radius 3 is 2.63 bits per heavy atom. The van der Waals surface area contributed by atoms with Crippen LogP contribution in [0.25, 0.3) is 11.3 Å². The van der Waals surface area contributed by atoms with Crippen LogP contribution in [-0.4, -0.2) is 48.1 Å². The number of hydrogen-bond acceptors (Lipinski definition) is 4. The average Bonchev–Trinajstić information content (AvgIpc) is 3.15. The molecule has 0 unspecified atom stereocenters. The Morgan fingerprint density at radius 2 is 2.00 bits per heavy atom. The van der Waals surface area contributed by atoms with E-state index in [9.17, 15) is 4.79 Å². The highest BCUT2D eigenvalue weighted by Gasteiger charge is 2.21. The summed E-state index contributed by atoms with van der Waals surface area (Å²) in [5, 5.41) is 10.8. The average molecular weight is 483 g/mol. The van der Waals surface area contributed by atoms with Crippen LogP contribution in [0.1, 0.15) is 25.5 Å². The predicted molar refractivity (Wildman–Crippen MR) is 116 cm³/mol. The van der Waals surface area contributed by atoms with Crippen LogP contribution in [0.5, 0.6) is 0 Å². The lowest BCUT2D eigenvalue weighted by Gasteiger charge is -2.32. The third-order valence-electron chi connectivity index (χ3n) is 4.56. The minimum absolute atomic E-state index is 0. The Labute approximate surface area is 176 Å². The first kappa shape index (κ1) is 21.2. The molecule has 2 N–H and O–H groups in total. The summed E-state index contributed by atoms with van der Waals surface area (Å²) in [7, 11) is 1.75. The van der Waals surface area contributed by atoms with Crippen LogP contribution in [0.2, 0.25) is 0 Å². The number of benzene rings is 1. The molecule has 1 saturated heterocycles. The van der Waals surface area contributed by atoms with Gasteiger partial charge in [-0.3, -0.25) is 9.79 Å². The zero-order chi connectivity index (χ0) is 18.4. The fourth-order valence-electron chi connectivity index (χ4n) is 3.04. The molecule has 0 atom stereocenters. The van der Waals surface area contributed by atoms with Crippen LogP contribution in [0.3, 0.4) is 0 Å². The summed E-state index contributed by atoms with van der Waals surface area (Å²) >= 11 is 0. The number of aliphatic imine (C=N–C) groups is 1. The van der Waals surface area contributed by atoms with Crippen molar-refractivity contribution in [3.8, 4) is 11.3 Å². The number of carbonyl (C=O) groups is 1. The first-order valence-corrected chi connectivity index (χ1v) is 8.89. The highest BCUT2D eigenvalue weighted by molar-refractivity contribution is 14.0. The number of rotatable bonds is 4. The van der Waals surface area contributed by atoms with Gasteiger partial charge in [0, 0.05) is 44.7 Å². The van der Waals surface area contributed by atoms with Crippen molar-refractivity contribution < 1.29 is 9.32 Å². The van der Waals surface area contributed by atoms with E-state index >= 15 is 0 Å². The largest absolute Gasteiger partial charge is 0.359 e. The van der Waals surface area contributed by atoms with Crippen molar-refractivity contribution >= 4 is 35.8 Å². The van der Waals surface area contributed by atoms with Gasteiger partial charge in [0.15, 0.2) is 11.7 Å². The first-order chi connectivity index (χ1) is 12.7. The maximum Gasteiger partial charge on any atom is 0.219 e. The molecule has 8 heteroatoms. The van der Waals surface area contributed by atoms with Crippen molar-refractivity contribution in [1.29, 1.82) is 0 Å². The lowest BCUT2D eigenvalue weighted by molar-refractivity contribution is -0.129. The minimum atomic E-state index is 0. The molecule has 1 amide bonds.